The van der Waals surface area contributed by atoms with Crippen molar-refractivity contribution in [3.8, 4) is 5.75 Å². The summed E-state index contributed by atoms with van der Waals surface area (Å²) in [7, 11) is 1.63. The molecule has 41 heavy (non-hydrogen) atoms. The van der Waals surface area contributed by atoms with Crippen LogP contribution in [-0.2, 0) is 19.8 Å². The first-order chi connectivity index (χ1) is 19.6. The highest BCUT2D eigenvalue weighted by Gasteiger charge is 2.41. The number of hydrogen-bond acceptors (Lipinski definition) is 5. The smallest absolute Gasteiger partial charge is 0.303 e. The van der Waals surface area contributed by atoms with E-state index in [-0.39, 0.29) is 35.9 Å². The minimum absolute atomic E-state index is 0.0340. The zero-order valence-electron chi connectivity index (χ0n) is 23.9. The number of amides is 1. The number of Topliss-reactive ketones (excluding diaryl/α,β-unsaturated/α-hetero) is 1. The predicted octanol–water partition coefficient (Wildman–Crippen LogP) is 6.76. The summed E-state index contributed by atoms with van der Waals surface area (Å²) in [5.74, 6) is -0.697. The molecule has 1 heterocycles. The predicted molar refractivity (Wildman–Crippen MR) is 159 cm³/mol. The molecule has 2 atom stereocenters. The molecular weight excluding hydrogens is 516 g/mol. The number of fused-ring (bicyclic) bond motifs is 1. The van der Waals surface area contributed by atoms with Gasteiger partial charge in [-0.1, -0.05) is 69.3 Å². The maximum Gasteiger partial charge on any atom is 0.303 e. The number of rotatable bonds is 6. The summed E-state index contributed by atoms with van der Waals surface area (Å²) in [6, 6.07) is 22.7. The molecule has 0 radical (unpaired) electrons. The first-order valence-electron chi connectivity index (χ1n) is 14.0. The minimum atomic E-state index is -1.04. The molecule has 0 unspecified atom stereocenters. The zero-order valence-corrected chi connectivity index (χ0v) is 23.9. The molecule has 0 bridgehead atoms. The highest BCUT2D eigenvalue weighted by atomic mass is 16.5. The third kappa shape index (κ3) is 5.75. The van der Waals surface area contributed by atoms with Crippen molar-refractivity contribution in [2.75, 3.05) is 17.3 Å². The highest BCUT2D eigenvalue weighted by Crippen LogP contribution is 2.48. The Labute approximate surface area is 240 Å². The number of methoxy groups -OCH3 is 1. The lowest BCUT2D eigenvalue weighted by Gasteiger charge is -2.35. The Balaban J connectivity index is 1.66. The number of ether oxygens (including phenoxy) is 1. The Hall–Kier alpha value is -4.39. The molecule has 2 N–H and O–H groups in total. The summed E-state index contributed by atoms with van der Waals surface area (Å²) < 4.78 is 5.32. The number of carboxylic acid groups (broad SMARTS) is 1. The second kappa shape index (κ2) is 11.2. The number of aliphatic carboxylic acids is 1. The average Bonchev–Trinajstić information content (AvgIpc) is 3.10. The Bertz CT molecular complexity index is 1500. The van der Waals surface area contributed by atoms with E-state index in [1.54, 1.807) is 12.0 Å². The van der Waals surface area contributed by atoms with Crippen LogP contribution in [0.25, 0.3) is 0 Å². The van der Waals surface area contributed by atoms with Crippen LogP contribution >= 0.6 is 0 Å². The van der Waals surface area contributed by atoms with Gasteiger partial charge in [-0.25, -0.2) is 0 Å². The van der Waals surface area contributed by atoms with Crippen LogP contribution in [-0.4, -0.2) is 29.9 Å². The fraction of sp³-hybridized carbons (Fsp3) is 0.324. The first kappa shape index (κ1) is 28.1. The topological polar surface area (TPSA) is 95.9 Å². The summed E-state index contributed by atoms with van der Waals surface area (Å²) in [5, 5.41) is 12.9. The molecule has 0 saturated carbocycles. The maximum absolute atomic E-state index is 14.1. The van der Waals surface area contributed by atoms with Crippen LogP contribution in [0.1, 0.15) is 75.1 Å². The summed E-state index contributed by atoms with van der Waals surface area (Å²) >= 11 is 0. The number of carbonyl (C=O) groups excluding carboxylic acids is 2. The van der Waals surface area contributed by atoms with Crippen molar-refractivity contribution in [3.63, 3.8) is 0 Å². The number of carboxylic acids is 1. The number of ketones is 1. The molecule has 2 aliphatic rings. The number of nitrogens with zero attached hydrogens (tertiary/aromatic N) is 1. The fourth-order valence-corrected chi connectivity index (χ4v) is 5.79. The van der Waals surface area contributed by atoms with Gasteiger partial charge in [-0.2, -0.15) is 0 Å². The molecule has 0 aromatic heterocycles. The van der Waals surface area contributed by atoms with Gasteiger partial charge >= 0.3 is 5.97 Å². The second-order valence-corrected chi connectivity index (χ2v) is 11.8. The van der Waals surface area contributed by atoms with E-state index in [4.69, 9.17) is 4.74 Å². The van der Waals surface area contributed by atoms with Gasteiger partial charge < -0.3 is 15.2 Å². The van der Waals surface area contributed by atoms with Crippen molar-refractivity contribution in [2.24, 2.45) is 0 Å². The molecule has 7 heteroatoms. The van der Waals surface area contributed by atoms with Crippen LogP contribution < -0.4 is 15.0 Å². The van der Waals surface area contributed by atoms with E-state index in [0.717, 1.165) is 28.1 Å². The number of carbonyl (C=O) groups is 3. The van der Waals surface area contributed by atoms with Crippen molar-refractivity contribution in [1.29, 1.82) is 0 Å². The molecule has 3 aromatic carbocycles. The first-order valence-corrected chi connectivity index (χ1v) is 14.0. The van der Waals surface area contributed by atoms with Crippen LogP contribution in [0, 0.1) is 0 Å². The van der Waals surface area contributed by atoms with Crippen molar-refractivity contribution < 1.29 is 24.2 Å². The number of hydrogen-bond donors (Lipinski definition) is 2. The van der Waals surface area contributed by atoms with Crippen LogP contribution in [0.4, 0.5) is 11.4 Å². The molecule has 3 aromatic rings. The summed E-state index contributed by atoms with van der Waals surface area (Å²) in [6.07, 6.45) is 0.428. The quantitative estimate of drug-likeness (QED) is 0.351. The van der Waals surface area contributed by atoms with E-state index in [0.29, 0.717) is 29.8 Å². The third-order valence-electron chi connectivity index (χ3n) is 7.99. The standard InChI is InChI=1S/C34H36N2O5/c1-34(2,3)24-13-9-22(10-14-24)33-32-27(19-23(20-29(32)37)21-11-15-25(41-4)16-12-21)35-26-7-5-6-8-28(26)36(33)30(38)17-18-31(39)40/h5-16,23,33,35H,17-20H2,1-4H3,(H,39,40)/t23-,33-/m1/s1. The Morgan fingerprint density at radius 2 is 1.59 bits per heavy atom. The van der Waals surface area contributed by atoms with Gasteiger partial charge in [0.1, 0.15) is 5.75 Å². The number of nitrogens with one attached hydrogen (secondary N) is 1. The molecule has 212 valence electrons. The van der Waals surface area contributed by atoms with E-state index in [2.05, 4.69) is 26.1 Å². The Morgan fingerprint density at radius 3 is 2.22 bits per heavy atom. The van der Waals surface area contributed by atoms with Crippen molar-refractivity contribution in [1.82, 2.24) is 0 Å². The number of anilines is 2. The van der Waals surface area contributed by atoms with Crippen LogP contribution in [0.15, 0.2) is 84.1 Å². The molecule has 1 aliphatic heterocycles. The van der Waals surface area contributed by atoms with Gasteiger partial charge in [0.25, 0.3) is 0 Å². The molecule has 0 fully saturated rings. The molecule has 1 aliphatic carbocycles. The summed E-state index contributed by atoms with van der Waals surface area (Å²) in [5.41, 5.74) is 5.60. The van der Waals surface area contributed by atoms with Gasteiger partial charge in [0.05, 0.1) is 30.9 Å². The largest absolute Gasteiger partial charge is 0.497 e. The van der Waals surface area contributed by atoms with E-state index >= 15 is 0 Å². The molecule has 7 nitrogen and oxygen atoms in total. The second-order valence-electron chi connectivity index (χ2n) is 11.8. The molecule has 1 amide bonds. The molecular formula is C34H36N2O5. The molecule has 0 saturated heterocycles. The third-order valence-corrected chi connectivity index (χ3v) is 7.99. The number of allylic oxidation sites excluding steroid dienone is 1. The van der Waals surface area contributed by atoms with Gasteiger partial charge in [-0.3, -0.25) is 19.3 Å². The molecule has 0 spiro atoms. The lowest BCUT2D eigenvalue weighted by atomic mass is 9.77. The summed E-state index contributed by atoms with van der Waals surface area (Å²) in [4.78, 5) is 41.0. The van der Waals surface area contributed by atoms with Crippen molar-refractivity contribution >= 4 is 29.0 Å². The van der Waals surface area contributed by atoms with Gasteiger partial charge in [-0.15, -0.1) is 0 Å². The minimum Gasteiger partial charge on any atom is -0.497 e. The Kier molecular flexibility index (Phi) is 7.72. The number of benzene rings is 3. The maximum atomic E-state index is 14.1. The van der Waals surface area contributed by atoms with Gasteiger partial charge in [-0.05, 0) is 58.7 Å². The fourth-order valence-electron chi connectivity index (χ4n) is 5.79. The average molecular weight is 553 g/mol. The van der Waals surface area contributed by atoms with Crippen molar-refractivity contribution in [3.05, 3.63) is 101 Å². The van der Waals surface area contributed by atoms with E-state index in [9.17, 15) is 19.5 Å². The van der Waals surface area contributed by atoms with E-state index in [1.807, 2.05) is 72.8 Å². The van der Waals surface area contributed by atoms with Crippen LogP contribution in [0.5, 0.6) is 5.75 Å². The SMILES string of the molecule is COc1ccc([C@H]2CC(=O)C3=C(C2)Nc2ccccc2N(C(=O)CCC(=O)O)[C@@H]3c2ccc(C(C)(C)C)cc2)cc1. The number of para-hydroxylation sites is 2. The molecule has 5 rings (SSSR count). The normalized spacial score (nSPS) is 18.6. The van der Waals surface area contributed by atoms with Gasteiger partial charge in [0.15, 0.2) is 5.78 Å². The van der Waals surface area contributed by atoms with Gasteiger partial charge in [0, 0.05) is 24.1 Å². The lowest BCUT2D eigenvalue weighted by Crippen LogP contribution is -2.38. The summed E-state index contributed by atoms with van der Waals surface area (Å²) in [6.45, 7) is 6.42. The monoisotopic (exact) mass is 552 g/mol. The van der Waals surface area contributed by atoms with Crippen molar-refractivity contribution in [2.45, 2.75) is 63.8 Å². The van der Waals surface area contributed by atoms with Crippen LogP contribution in [0.3, 0.4) is 0 Å². The van der Waals surface area contributed by atoms with Crippen LogP contribution in [0.2, 0.25) is 0 Å². The van der Waals surface area contributed by atoms with Gasteiger partial charge in [0.2, 0.25) is 5.91 Å². The lowest BCUT2D eigenvalue weighted by molar-refractivity contribution is -0.138. The zero-order chi connectivity index (χ0) is 29.3. The highest BCUT2D eigenvalue weighted by molar-refractivity contribution is 6.06. The van der Waals surface area contributed by atoms with E-state index in [1.165, 1.54) is 0 Å². The van der Waals surface area contributed by atoms with E-state index < -0.39 is 12.0 Å². The Morgan fingerprint density at radius 1 is 0.927 bits per heavy atom.